The zero-order chi connectivity index (χ0) is 25.5. The highest BCUT2D eigenvalue weighted by atomic mass is 32.2. The van der Waals surface area contributed by atoms with Crippen LogP contribution in [0.3, 0.4) is 0 Å². The Balaban J connectivity index is 2.48. The van der Waals surface area contributed by atoms with Crippen molar-refractivity contribution in [1.82, 2.24) is 10.2 Å². The topological polar surface area (TPSA) is 86.8 Å². The fourth-order valence-corrected chi connectivity index (χ4v) is 5.03. The number of para-hydroxylation sites is 1. The molecule has 0 unspecified atom stereocenters. The molecule has 2 aromatic carbocycles. The van der Waals surface area contributed by atoms with E-state index in [1.54, 1.807) is 0 Å². The van der Waals surface area contributed by atoms with Crippen molar-refractivity contribution in [2.45, 2.75) is 60.0 Å². The predicted octanol–water partition coefficient (Wildman–Crippen LogP) is 3.71. The Labute approximate surface area is 204 Å². The van der Waals surface area contributed by atoms with Crippen LogP contribution in [0.2, 0.25) is 0 Å². The van der Waals surface area contributed by atoms with Gasteiger partial charge < -0.3 is 10.2 Å². The van der Waals surface area contributed by atoms with Gasteiger partial charge in [-0.3, -0.25) is 13.9 Å². The molecule has 2 amide bonds. The zero-order valence-electron chi connectivity index (χ0n) is 21.1. The Kier molecular flexibility index (Phi) is 9.67. The van der Waals surface area contributed by atoms with E-state index in [2.05, 4.69) is 5.32 Å². The number of hydrogen-bond donors (Lipinski definition) is 1. The van der Waals surface area contributed by atoms with Gasteiger partial charge in [0.25, 0.3) is 0 Å². The minimum Gasteiger partial charge on any atom is -0.354 e. The van der Waals surface area contributed by atoms with Gasteiger partial charge in [0.1, 0.15) is 12.6 Å². The molecule has 2 rings (SSSR count). The number of benzene rings is 2. The molecule has 0 saturated heterocycles. The first-order chi connectivity index (χ1) is 16.0. The van der Waals surface area contributed by atoms with Crippen molar-refractivity contribution in [3.05, 3.63) is 64.7 Å². The van der Waals surface area contributed by atoms with Crippen LogP contribution in [-0.4, -0.2) is 50.5 Å². The number of nitrogens with one attached hydrogen (secondary N) is 1. The highest BCUT2D eigenvalue weighted by Gasteiger charge is 2.32. The summed E-state index contributed by atoms with van der Waals surface area (Å²) in [5, 5.41) is 2.88. The molecule has 1 N–H and O–H groups in total. The first kappa shape index (κ1) is 27.4. The van der Waals surface area contributed by atoms with Crippen molar-refractivity contribution in [2.24, 2.45) is 0 Å². The molecule has 7 nitrogen and oxygen atoms in total. The van der Waals surface area contributed by atoms with Crippen molar-refractivity contribution in [3.8, 4) is 0 Å². The SMILES string of the molecule is CCCNC(=O)[C@H](CC)N(Cc1cccc(C)c1)C(=O)CN(c1c(C)cccc1C)S(C)(=O)=O. The standard InChI is InChI=1S/C26H37N3O4S/c1-7-15-27-26(31)23(8-2)28(17-22-14-9-11-19(3)16-22)24(30)18-29(34(6,32)33)25-20(4)12-10-13-21(25)5/h9-14,16,23H,7-8,15,17-18H2,1-6H3,(H,27,31)/t23-/m0/s1. The number of sulfonamides is 1. The number of anilines is 1. The number of rotatable bonds is 11. The van der Waals surface area contributed by atoms with Gasteiger partial charge in [0, 0.05) is 13.1 Å². The summed E-state index contributed by atoms with van der Waals surface area (Å²) in [6, 6.07) is 12.5. The van der Waals surface area contributed by atoms with Crippen molar-refractivity contribution in [2.75, 3.05) is 23.7 Å². The van der Waals surface area contributed by atoms with Crippen LogP contribution in [-0.2, 0) is 26.2 Å². The first-order valence-electron chi connectivity index (χ1n) is 11.7. The predicted molar refractivity (Wildman–Crippen MR) is 137 cm³/mol. The molecule has 34 heavy (non-hydrogen) atoms. The molecular weight excluding hydrogens is 450 g/mol. The number of aryl methyl sites for hydroxylation is 3. The summed E-state index contributed by atoms with van der Waals surface area (Å²) < 4.78 is 26.7. The second kappa shape index (κ2) is 12.0. The van der Waals surface area contributed by atoms with Crippen LogP contribution in [0.15, 0.2) is 42.5 Å². The summed E-state index contributed by atoms with van der Waals surface area (Å²) in [6.45, 7) is 9.77. The van der Waals surface area contributed by atoms with Crippen molar-refractivity contribution in [1.29, 1.82) is 0 Å². The van der Waals surface area contributed by atoms with Gasteiger partial charge in [0.2, 0.25) is 21.8 Å². The average molecular weight is 488 g/mol. The second-order valence-corrected chi connectivity index (χ2v) is 10.6. The van der Waals surface area contributed by atoms with Crippen molar-refractivity contribution >= 4 is 27.5 Å². The summed E-state index contributed by atoms with van der Waals surface area (Å²) in [5.41, 5.74) is 3.94. The molecule has 0 bridgehead atoms. The zero-order valence-corrected chi connectivity index (χ0v) is 21.9. The van der Waals surface area contributed by atoms with Crippen LogP contribution < -0.4 is 9.62 Å². The number of amides is 2. The molecule has 0 aliphatic carbocycles. The van der Waals surface area contributed by atoms with Crippen LogP contribution in [0.4, 0.5) is 5.69 Å². The van der Waals surface area contributed by atoms with Gasteiger partial charge in [-0.1, -0.05) is 61.9 Å². The van der Waals surface area contributed by atoms with E-state index in [4.69, 9.17) is 0 Å². The average Bonchev–Trinajstić information content (AvgIpc) is 2.75. The Morgan fingerprint density at radius 1 is 1.00 bits per heavy atom. The Morgan fingerprint density at radius 2 is 1.62 bits per heavy atom. The molecule has 8 heteroatoms. The molecule has 0 aliphatic heterocycles. The lowest BCUT2D eigenvalue weighted by Crippen LogP contribution is -2.52. The fourth-order valence-electron chi connectivity index (χ4n) is 4.07. The first-order valence-corrected chi connectivity index (χ1v) is 13.5. The Morgan fingerprint density at radius 3 is 2.15 bits per heavy atom. The number of hydrogen-bond acceptors (Lipinski definition) is 4. The van der Waals surface area contributed by atoms with E-state index < -0.39 is 22.0 Å². The molecule has 0 aromatic heterocycles. The third-order valence-electron chi connectivity index (χ3n) is 5.74. The molecule has 0 fully saturated rings. The van der Waals surface area contributed by atoms with Gasteiger partial charge >= 0.3 is 0 Å². The summed E-state index contributed by atoms with van der Waals surface area (Å²) in [4.78, 5) is 28.2. The van der Waals surface area contributed by atoms with Crippen LogP contribution >= 0.6 is 0 Å². The van der Waals surface area contributed by atoms with Gasteiger partial charge in [-0.05, 0) is 50.3 Å². The number of carbonyl (C=O) groups is 2. The van der Waals surface area contributed by atoms with Crippen molar-refractivity contribution in [3.63, 3.8) is 0 Å². The van der Waals surface area contributed by atoms with E-state index in [1.807, 2.05) is 77.1 Å². The van der Waals surface area contributed by atoms with Crippen LogP contribution in [0.25, 0.3) is 0 Å². The maximum atomic E-state index is 13.7. The summed E-state index contributed by atoms with van der Waals surface area (Å²) in [6.07, 6.45) is 2.29. The van der Waals surface area contributed by atoms with E-state index in [9.17, 15) is 18.0 Å². The van der Waals surface area contributed by atoms with Crippen LogP contribution in [0.1, 0.15) is 48.9 Å². The number of nitrogens with zero attached hydrogens (tertiary/aromatic N) is 2. The minimum absolute atomic E-state index is 0.211. The van der Waals surface area contributed by atoms with Gasteiger partial charge in [0.05, 0.1) is 11.9 Å². The highest BCUT2D eigenvalue weighted by molar-refractivity contribution is 7.92. The van der Waals surface area contributed by atoms with E-state index in [-0.39, 0.29) is 19.0 Å². The monoisotopic (exact) mass is 487 g/mol. The molecular formula is C26H37N3O4S. The van der Waals surface area contributed by atoms with Gasteiger partial charge in [-0.25, -0.2) is 8.42 Å². The van der Waals surface area contributed by atoms with E-state index in [0.29, 0.717) is 18.7 Å². The molecule has 2 aromatic rings. The summed E-state index contributed by atoms with van der Waals surface area (Å²) >= 11 is 0. The molecule has 186 valence electrons. The maximum Gasteiger partial charge on any atom is 0.244 e. The van der Waals surface area contributed by atoms with E-state index >= 15 is 0 Å². The summed E-state index contributed by atoms with van der Waals surface area (Å²) in [5.74, 6) is -0.656. The van der Waals surface area contributed by atoms with Gasteiger partial charge in [-0.2, -0.15) is 0 Å². The second-order valence-electron chi connectivity index (χ2n) is 8.74. The molecule has 0 aliphatic rings. The molecule has 0 saturated carbocycles. The Hall–Kier alpha value is -2.87. The lowest BCUT2D eigenvalue weighted by atomic mass is 10.1. The van der Waals surface area contributed by atoms with Crippen molar-refractivity contribution < 1.29 is 18.0 Å². The molecule has 1 atom stereocenters. The van der Waals surface area contributed by atoms with Crippen LogP contribution in [0.5, 0.6) is 0 Å². The van der Waals surface area contributed by atoms with Crippen LogP contribution in [0, 0.1) is 20.8 Å². The lowest BCUT2D eigenvalue weighted by Gasteiger charge is -2.33. The highest BCUT2D eigenvalue weighted by Crippen LogP contribution is 2.27. The maximum absolute atomic E-state index is 13.7. The van der Waals surface area contributed by atoms with Gasteiger partial charge in [-0.15, -0.1) is 0 Å². The molecule has 0 radical (unpaired) electrons. The lowest BCUT2D eigenvalue weighted by molar-refractivity contribution is -0.140. The quantitative estimate of drug-likeness (QED) is 0.523. The van der Waals surface area contributed by atoms with Gasteiger partial charge in [0.15, 0.2) is 0 Å². The smallest absolute Gasteiger partial charge is 0.244 e. The number of carbonyl (C=O) groups excluding carboxylic acids is 2. The fraction of sp³-hybridized carbons (Fsp3) is 0.462. The minimum atomic E-state index is -3.75. The Bertz CT molecular complexity index is 1090. The molecule has 0 spiro atoms. The summed E-state index contributed by atoms with van der Waals surface area (Å²) in [7, 11) is -3.75. The van der Waals surface area contributed by atoms with E-state index in [1.165, 1.54) is 4.90 Å². The normalized spacial score (nSPS) is 12.2. The molecule has 0 heterocycles. The van der Waals surface area contributed by atoms with E-state index in [0.717, 1.165) is 39.2 Å². The third-order valence-corrected chi connectivity index (χ3v) is 6.85. The third kappa shape index (κ3) is 7.06. The largest absolute Gasteiger partial charge is 0.354 e.